The number of hydrogen-bond donors (Lipinski definition) is 1. The Morgan fingerprint density at radius 1 is 1.12 bits per heavy atom. The van der Waals surface area contributed by atoms with Crippen LogP contribution in [-0.4, -0.2) is 27.4 Å². The van der Waals surface area contributed by atoms with E-state index in [1.807, 2.05) is 24.3 Å². The molecule has 1 aromatic heterocycles. The van der Waals surface area contributed by atoms with Gasteiger partial charge >= 0.3 is 0 Å². The van der Waals surface area contributed by atoms with Gasteiger partial charge in [0, 0.05) is 18.9 Å². The third-order valence-electron chi connectivity index (χ3n) is 4.49. The minimum Gasteiger partial charge on any atom is -0.355 e. The molecule has 0 radical (unpaired) electrons. The summed E-state index contributed by atoms with van der Waals surface area (Å²) < 4.78 is 1.25. The number of fused-ring (bicyclic) bond motifs is 1. The lowest BCUT2D eigenvalue weighted by atomic mass is 9.96. The molecule has 0 unspecified atom stereocenters. The summed E-state index contributed by atoms with van der Waals surface area (Å²) in [7, 11) is 0. The van der Waals surface area contributed by atoms with Gasteiger partial charge < -0.3 is 5.32 Å². The molecule has 0 saturated heterocycles. The Morgan fingerprint density at radius 2 is 1.85 bits per heavy atom. The summed E-state index contributed by atoms with van der Waals surface area (Å²) in [5, 5.41) is 11.4. The Labute approximate surface area is 151 Å². The largest absolute Gasteiger partial charge is 0.355 e. The lowest BCUT2D eigenvalue weighted by molar-refractivity contribution is -0.121. The van der Waals surface area contributed by atoms with Crippen LogP contribution in [0.1, 0.15) is 31.2 Å². The molecule has 1 heterocycles. The van der Waals surface area contributed by atoms with Gasteiger partial charge in [-0.3, -0.25) is 9.59 Å². The Hall–Kier alpha value is -3.02. The van der Waals surface area contributed by atoms with Crippen molar-refractivity contribution < 1.29 is 4.79 Å². The van der Waals surface area contributed by atoms with Crippen LogP contribution < -0.4 is 10.9 Å². The molecule has 0 aliphatic heterocycles. The quantitative estimate of drug-likeness (QED) is 0.710. The van der Waals surface area contributed by atoms with E-state index in [-0.39, 0.29) is 30.3 Å². The number of hydrogen-bond acceptors (Lipinski definition) is 4. The summed E-state index contributed by atoms with van der Waals surface area (Å²) in [5.41, 5.74) is 1.55. The van der Waals surface area contributed by atoms with Gasteiger partial charge in [0.05, 0.1) is 11.9 Å². The zero-order valence-electron chi connectivity index (χ0n) is 14.8. The lowest BCUT2D eigenvalue weighted by Gasteiger charge is -2.16. The average Bonchev–Trinajstić information content (AvgIpc) is 2.69. The van der Waals surface area contributed by atoms with Gasteiger partial charge in [-0.15, -0.1) is 5.10 Å². The Kier molecular flexibility index (Phi) is 5.73. The summed E-state index contributed by atoms with van der Waals surface area (Å²) in [6.45, 7) is 2.90. The Balaban J connectivity index is 1.57. The molecule has 134 valence electrons. The van der Waals surface area contributed by atoms with Crippen molar-refractivity contribution in [2.75, 3.05) is 6.54 Å². The fourth-order valence-electron chi connectivity index (χ4n) is 2.93. The first-order valence-corrected chi connectivity index (χ1v) is 8.83. The molecule has 1 atom stereocenters. The van der Waals surface area contributed by atoms with E-state index in [2.05, 4.69) is 34.7 Å². The minimum absolute atomic E-state index is 0.0961. The summed E-state index contributed by atoms with van der Waals surface area (Å²) in [4.78, 5) is 24.5. The number of nitrogens with zero attached hydrogens (tertiary/aromatic N) is 3. The molecule has 0 saturated carbocycles. The predicted molar refractivity (Wildman–Crippen MR) is 101 cm³/mol. The van der Waals surface area contributed by atoms with Crippen LogP contribution in [0.25, 0.3) is 10.9 Å². The lowest BCUT2D eigenvalue weighted by Crippen LogP contribution is -2.31. The molecule has 0 aliphatic rings. The second-order valence-corrected chi connectivity index (χ2v) is 6.20. The van der Waals surface area contributed by atoms with E-state index in [0.29, 0.717) is 17.4 Å². The maximum Gasteiger partial charge on any atom is 0.277 e. The van der Waals surface area contributed by atoms with Crippen molar-refractivity contribution in [3.05, 3.63) is 70.5 Å². The molecule has 1 amide bonds. The van der Waals surface area contributed by atoms with E-state index < -0.39 is 0 Å². The van der Waals surface area contributed by atoms with E-state index in [9.17, 15) is 9.59 Å². The zero-order chi connectivity index (χ0) is 18.4. The monoisotopic (exact) mass is 350 g/mol. The standard InChI is InChI=1S/C20H22N4O2/c1-2-15(16-8-4-3-5-9-16)14-21-19(25)12-13-24-20(26)17-10-6-7-11-18(17)22-23-24/h3-11,15H,2,12-14H2,1H3,(H,21,25)/t15-/m0/s1. The van der Waals surface area contributed by atoms with E-state index in [1.54, 1.807) is 18.2 Å². The van der Waals surface area contributed by atoms with E-state index in [0.717, 1.165) is 6.42 Å². The molecule has 0 bridgehead atoms. The summed E-state index contributed by atoms with van der Waals surface area (Å²) in [6.07, 6.45) is 1.14. The van der Waals surface area contributed by atoms with Crippen LogP contribution in [0.3, 0.4) is 0 Å². The highest BCUT2D eigenvalue weighted by Gasteiger charge is 2.12. The normalized spacial score (nSPS) is 12.0. The van der Waals surface area contributed by atoms with Crippen LogP contribution >= 0.6 is 0 Å². The fraction of sp³-hybridized carbons (Fsp3) is 0.300. The predicted octanol–water partition coefficient (Wildman–Crippen LogP) is 2.49. The van der Waals surface area contributed by atoms with Crippen molar-refractivity contribution in [2.45, 2.75) is 32.2 Å². The van der Waals surface area contributed by atoms with E-state index >= 15 is 0 Å². The molecular formula is C20H22N4O2. The van der Waals surface area contributed by atoms with Crippen molar-refractivity contribution >= 4 is 16.8 Å². The third-order valence-corrected chi connectivity index (χ3v) is 4.49. The third kappa shape index (κ3) is 4.14. The Morgan fingerprint density at radius 3 is 2.62 bits per heavy atom. The van der Waals surface area contributed by atoms with Crippen molar-refractivity contribution in [1.82, 2.24) is 20.3 Å². The van der Waals surface area contributed by atoms with Gasteiger partial charge in [-0.2, -0.15) is 0 Å². The van der Waals surface area contributed by atoms with Gasteiger partial charge in [-0.25, -0.2) is 4.68 Å². The number of rotatable bonds is 7. The number of aromatic nitrogens is 3. The molecule has 1 N–H and O–H groups in total. The molecule has 2 aromatic carbocycles. The van der Waals surface area contributed by atoms with Crippen LogP contribution in [-0.2, 0) is 11.3 Å². The maximum atomic E-state index is 12.4. The minimum atomic E-state index is -0.223. The van der Waals surface area contributed by atoms with E-state index in [1.165, 1.54) is 10.2 Å². The molecule has 6 nitrogen and oxygen atoms in total. The topological polar surface area (TPSA) is 76.9 Å². The molecule has 0 fully saturated rings. The van der Waals surface area contributed by atoms with E-state index in [4.69, 9.17) is 0 Å². The summed E-state index contributed by atoms with van der Waals surface area (Å²) in [6, 6.07) is 17.2. The smallest absolute Gasteiger partial charge is 0.277 e. The van der Waals surface area contributed by atoms with Gasteiger partial charge in [0.25, 0.3) is 5.56 Å². The zero-order valence-corrected chi connectivity index (χ0v) is 14.8. The number of benzene rings is 2. The molecule has 6 heteroatoms. The Bertz CT molecular complexity index is 937. The molecular weight excluding hydrogens is 328 g/mol. The molecule has 3 rings (SSSR count). The second kappa shape index (κ2) is 8.38. The number of carbonyl (C=O) groups excluding carboxylic acids is 1. The van der Waals surface area contributed by atoms with Gasteiger partial charge in [0.2, 0.25) is 5.91 Å². The number of aryl methyl sites for hydroxylation is 1. The van der Waals surface area contributed by atoms with Crippen LogP contribution in [0, 0.1) is 0 Å². The molecule has 3 aromatic rings. The maximum absolute atomic E-state index is 12.4. The van der Waals surface area contributed by atoms with Crippen molar-refractivity contribution in [1.29, 1.82) is 0 Å². The molecule has 26 heavy (non-hydrogen) atoms. The van der Waals surface area contributed by atoms with Crippen LogP contribution in [0.2, 0.25) is 0 Å². The summed E-state index contributed by atoms with van der Waals surface area (Å²) >= 11 is 0. The van der Waals surface area contributed by atoms with Crippen LogP contribution in [0.4, 0.5) is 0 Å². The van der Waals surface area contributed by atoms with Gasteiger partial charge in [-0.1, -0.05) is 54.6 Å². The first-order valence-electron chi connectivity index (χ1n) is 8.83. The highest BCUT2D eigenvalue weighted by atomic mass is 16.2. The SMILES string of the molecule is CC[C@@H](CNC(=O)CCn1nnc2ccccc2c1=O)c1ccccc1. The highest BCUT2D eigenvalue weighted by Crippen LogP contribution is 2.17. The van der Waals surface area contributed by atoms with Crippen molar-refractivity contribution in [3.8, 4) is 0 Å². The molecule has 0 aliphatic carbocycles. The molecule has 0 spiro atoms. The second-order valence-electron chi connectivity index (χ2n) is 6.20. The average molecular weight is 350 g/mol. The van der Waals surface area contributed by atoms with Crippen LogP contribution in [0.5, 0.6) is 0 Å². The first kappa shape index (κ1) is 17.8. The highest BCUT2D eigenvalue weighted by molar-refractivity contribution is 5.77. The number of carbonyl (C=O) groups is 1. The van der Waals surface area contributed by atoms with Crippen LogP contribution in [0.15, 0.2) is 59.4 Å². The number of amides is 1. The van der Waals surface area contributed by atoms with Crippen molar-refractivity contribution in [2.24, 2.45) is 0 Å². The van der Waals surface area contributed by atoms with Gasteiger partial charge in [0.1, 0.15) is 5.52 Å². The van der Waals surface area contributed by atoms with Crippen molar-refractivity contribution in [3.63, 3.8) is 0 Å². The van der Waals surface area contributed by atoms with Gasteiger partial charge in [0.15, 0.2) is 0 Å². The first-order chi connectivity index (χ1) is 12.7. The summed E-state index contributed by atoms with van der Waals surface area (Å²) in [5.74, 6) is 0.185. The number of nitrogens with one attached hydrogen (secondary N) is 1. The van der Waals surface area contributed by atoms with Gasteiger partial charge in [-0.05, 0) is 24.1 Å². The fourth-order valence-corrected chi connectivity index (χ4v) is 2.93.